The molecule has 0 saturated carbocycles. The molecule has 5 heteroatoms. The van der Waals surface area contributed by atoms with Gasteiger partial charge < -0.3 is 10.4 Å². The molecule has 1 atom stereocenters. The van der Waals surface area contributed by atoms with Crippen LogP contribution in [0.2, 0.25) is 0 Å². The van der Waals surface area contributed by atoms with Crippen LogP contribution >= 0.6 is 11.8 Å². The zero-order chi connectivity index (χ0) is 12.8. The number of rotatable bonds is 6. The van der Waals surface area contributed by atoms with Crippen molar-refractivity contribution in [2.75, 3.05) is 17.3 Å². The summed E-state index contributed by atoms with van der Waals surface area (Å²) in [7, 11) is 0. The number of thioether (sulfide) groups is 1. The summed E-state index contributed by atoms with van der Waals surface area (Å²) in [6, 6.07) is 4.36. The molecule has 1 aromatic rings. The number of nitrogens with one attached hydrogen (secondary N) is 1. The number of anilines is 1. The van der Waals surface area contributed by atoms with E-state index >= 15 is 0 Å². The molecule has 0 radical (unpaired) electrons. The predicted molar refractivity (Wildman–Crippen MR) is 69.4 cm³/mol. The summed E-state index contributed by atoms with van der Waals surface area (Å²) in [6.45, 7) is 1.95. The van der Waals surface area contributed by atoms with Crippen LogP contribution in [-0.2, 0) is 0 Å². The van der Waals surface area contributed by atoms with Crippen LogP contribution in [-0.4, -0.2) is 29.1 Å². The summed E-state index contributed by atoms with van der Waals surface area (Å²) in [4.78, 5) is 11.0. The van der Waals surface area contributed by atoms with Crippen LogP contribution in [0.3, 0.4) is 0 Å². The second-order valence-corrected chi connectivity index (χ2v) is 4.78. The van der Waals surface area contributed by atoms with E-state index in [0.29, 0.717) is 5.69 Å². The highest BCUT2D eigenvalue weighted by molar-refractivity contribution is 7.98. The van der Waals surface area contributed by atoms with E-state index in [-0.39, 0.29) is 11.6 Å². The number of carboxylic acid groups (broad SMARTS) is 1. The normalized spacial score (nSPS) is 12.2. The fourth-order valence-electron chi connectivity index (χ4n) is 1.49. The summed E-state index contributed by atoms with van der Waals surface area (Å²) < 4.78 is 13.4. The molecule has 94 valence electrons. The lowest BCUT2D eigenvalue weighted by molar-refractivity contribution is 0.0693. The molecule has 0 amide bonds. The van der Waals surface area contributed by atoms with Crippen LogP contribution in [0.25, 0.3) is 0 Å². The maximum Gasteiger partial charge on any atom is 0.340 e. The molecule has 0 heterocycles. The first-order chi connectivity index (χ1) is 8.06. The van der Waals surface area contributed by atoms with E-state index in [2.05, 4.69) is 5.32 Å². The van der Waals surface area contributed by atoms with Crippen molar-refractivity contribution >= 4 is 23.4 Å². The Labute approximate surface area is 104 Å². The van der Waals surface area contributed by atoms with Gasteiger partial charge in [0.2, 0.25) is 0 Å². The van der Waals surface area contributed by atoms with Crippen LogP contribution in [0.5, 0.6) is 0 Å². The molecular formula is C12H16FNO2S. The number of hydrogen-bond donors (Lipinski definition) is 2. The maximum absolute atomic E-state index is 13.4. The fraction of sp³-hybridized carbons (Fsp3) is 0.417. The van der Waals surface area contributed by atoms with Crippen LogP contribution in [0.4, 0.5) is 10.1 Å². The summed E-state index contributed by atoms with van der Waals surface area (Å²) in [5.74, 6) is -0.978. The first kappa shape index (κ1) is 13.8. The third kappa shape index (κ3) is 3.93. The lowest BCUT2D eigenvalue weighted by atomic mass is 10.1. The van der Waals surface area contributed by atoms with Crippen molar-refractivity contribution in [3.8, 4) is 0 Å². The Kier molecular flexibility index (Phi) is 5.28. The molecule has 0 bridgehead atoms. The molecule has 0 saturated heterocycles. The molecule has 0 aliphatic rings. The van der Waals surface area contributed by atoms with E-state index in [4.69, 9.17) is 5.11 Å². The van der Waals surface area contributed by atoms with Crippen molar-refractivity contribution < 1.29 is 14.3 Å². The van der Waals surface area contributed by atoms with Gasteiger partial charge in [-0.3, -0.25) is 0 Å². The molecule has 1 aromatic carbocycles. The van der Waals surface area contributed by atoms with Crippen molar-refractivity contribution in [3.63, 3.8) is 0 Å². The molecule has 1 rings (SSSR count). The highest BCUT2D eigenvalue weighted by Crippen LogP contribution is 2.20. The number of carbonyl (C=O) groups is 1. The summed E-state index contributed by atoms with van der Waals surface area (Å²) in [6.07, 6.45) is 2.91. The topological polar surface area (TPSA) is 49.3 Å². The van der Waals surface area contributed by atoms with Gasteiger partial charge in [0.05, 0.1) is 5.69 Å². The Morgan fingerprint density at radius 2 is 2.29 bits per heavy atom. The summed E-state index contributed by atoms with van der Waals surface area (Å²) in [5.41, 5.74) is 0.0506. The maximum atomic E-state index is 13.4. The second-order valence-electron chi connectivity index (χ2n) is 3.79. The Morgan fingerprint density at radius 3 is 2.88 bits per heavy atom. The molecular weight excluding hydrogens is 241 g/mol. The van der Waals surface area contributed by atoms with Crippen LogP contribution < -0.4 is 5.32 Å². The molecule has 17 heavy (non-hydrogen) atoms. The minimum Gasteiger partial charge on any atom is -0.478 e. The van der Waals surface area contributed by atoms with Gasteiger partial charge in [0.15, 0.2) is 0 Å². The predicted octanol–water partition coefficient (Wildman–Crippen LogP) is 3.08. The standard InChI is InChI=1S/C12H16FNO2S/c1-8(6-7-17-2)14-10-5-3-4-9(13)11(10)12(15)16/h3-5,8,14H,6-7H2,1-2H3,(H,15,16). The lowest BCUT2D eigenvalue weighted by Crippen LogP contribution is -2.18. The van der Waals surface area contributed by atoms with Crippen LogP contribution in [0.1, 0.15) is 23.7 Å². The Morgan fingerprint density at radius 1 is 1.59 bits per heavy atom. The van der Waals surface area contributed by atoms with Gasteiger partial charge in [0, 0.05) is 6.04 Å². The number of halogens is 1. The molecule has 2 N–H and O–H groups in total. The molecule has 1 unspecified atom stereocenters. The zero-order valence-corrected chi connectivity index (χ0v) is 10.7. The average Bonchev–Trinajstić information content (AvgIpc) is 2.25. The highest BCUT2D eigenvalue weighted by atomic mass is 32.2. The Hall–Kier alpha value is -1.23. The third-order valence-electron chi connectivity index (χ3n) is 2.38. The first-order valence-corrected chi connectivity index (χ1v) is 6.73. The molecule has 0 aromatic heterocycles. The number of hydrogen-bond acceptors (Lipinski definition) is 3. The van der Waals surface area contributed by atoms with Gasteiger partial charge in [-0.25, -0.2) is 9.18 Å². The Bertz CT molecular complexity index is 398. The third-order valence-corrected chi connectivity index (χ3v) is 3.03. The van der Waals surface area contributed by atoms with E-state index in [0.717, 1.165) is 18.2 Å². The van der Waals surface area contributed by atoms with E-state index in [1.165, 1.54) is 6.07 Å². The van der Waals surface area contributed by atoms with Crippen LogP contribution in [0.15, 0.2) is 18.2 Å². The van der Waals surface area contributed by atoms with E-state index < -0.39 is 11.8 Å². The molecule has 3 nitrogen and oxygen atoms in total. The molecule has 0 aliphatic heterocycles. The van der Waals surface area contributed by atoms with Gasteiger partial charge in [-0.05, 0) is 37.5 Å². The van der Waals surface area contributed by atoms with Gasteiger partial charge in [-0.1, -0.05) is 6.07 Å². The second kappa shape index (κ2) is 6.49. The monoisotopic (exact) mass is 257 g/mol. The quantitative estimate of drug-likeness (QED) is 0.822. The van der Waals surface area contributed by atoms with Gasteiger partial charge >= 0.3 is 5.97 Å². The minimum atomic E-state index is -1.25. The van der Waals surface area contributed by atoms with Gasteiger partial charge in [-0.2, -0.15) is 11.8 Å². The number of aromatic carboxylic acids is 1. The number of benzene rings is 1. The van der Waals surface area contributed by atoms with Crippen molar-refractivity contribution in [2.24, 2.45) is 0 Å². The number of carboxylic acids is 1. The summed E-state index contributed by atoms with van der Waals surface area (Å²) in [5, 5.41) is 12.0. The van der Waals surface area contributed by atoms with Crippen molar-refractivity contribution in [1.82, 2.24) is 0 Å². The van der Waals surface area contributed by atoms with Crippen molar-refractivity contribution in [3.05, 3.63) is 29.6 Å². The van der Waals surface area contributed by atoms with E-state index in [1.807, 2.05) is 13.2 Å². The average molecular weight is 257 g/mol. The van der Waals surface area contributed by atoms with Gasteiger partial charge in [-0.15, -0.1) is 0 Å². The summed E-state index contributed by atoms with van der Waals surface area (Å²) >= 11 is 1.72. The Balaban J connectivity index is 2.83. The zero-order valence-electron chi connectivity index (χ0n) is 9.87. The van der Waals surface area contributed by atoms with E-state index in [9.17, 15) is 9.18 Å². The van der Waals surface area contributed by atoms with Crippen molar-refractivity contribution in [2.45, 2.75) is 19.4 Å². The lowest BCUT2D eigenvalue weighted by Gasteiger charge is -2.16. The van der Waals surface area contributed by atoms with Crippen LogP contribution in [0, 0.1) is 5.82 Å². The van der Waals surface area contributed by atoms with Crippen molar-refractivity contribution in [1.29, 1.82) is 0 Å². The minimum absolute atomic E-state index is 0.113. The highest BCUT2D eigenvalue weighted by Gasteiger charge is 2.16. The molecule has 0 fully saturated rings. The fourth-order valence-corrected chi connectivity index (χ4v) is 2.08. The van der Waals surface area contributed by atoms with E-state index in [1.54, 1.807) is 17.8 Å². The first-order valence-electron chi connectivity index (χ1n) is 5.33. The van der Waals surface area contributed by atoms with Gasteiger partial charge in [0.1, 0.15) is 11.4 Å². The molecule has 0 spiro atoms. The van der Waals surface area contributed by atoms with Gasteiger partial charge in [0.25, 0.3) is 0 Å². The smallest absolute Gasteiger partial charge is 0.340 e. The molecule has 0 aliphatic carbocycles. The SMILES string of the molecule is CSCCC(C)Nc1cccc(F)c1C(=O)O. The largest absolute Gasteiger partial charge is 0.478 e.